The third-order valence-corrected chi connectivity index (χ3v) is 4.99. The molecule has 0 atom stereocenters. The van der Waals surface area contributed by atoms with E-state index in [-0.39, 0.29) is 10.6 Å². The molecule has 0 unspecified atom stereocenters. The second-order valence-electron chi connectivity index (χ2n) is 4.51. The Kier molecular flexibility index (Phi) is 3.16. The lowest BCUT2D eigenvalue weighted by atomic mass is 9.76. The molecule has 0 radical (unpaired) electrons. The lowest BCUT2D eigenvalue weighted by molar-refractivity contribution is 0.0692. The summed E-state index contributed by atoms with van der Waals surface area (Å²) in [5.41, 5.74) is -0.771. The van der Waals surface area contributed by atoms with Gasteiger partial charge in [-0.15, -0.1) is 0 Å². The molecule has 0 amide bonds. The summed E-state index contributed by atoms with van der Waals surface area (Å²) in [6, 6.07) is 0. The molecule has 18 heavy (non-hydrogen) atoms. The van der Waals surface area contributed by atoms with Gasteiger partial charge in [0.15, 0.2) is 5.03 Å². The molecule has 100 valence electrons. The zero-order valence-electron chi connectivity index (χ0n) is 9.93. The van der Waals surface area contributed by atoms with Crippen molar-refractivity contribution in [1.82, 2.24) is 14.9 Å². The van der Waals surface area contributed by atoms with Crippen molar-refractivity contribution in [3.8, 4) is 0 Å². The lowest BCUT2D eigenvalue weighted by Gasteiger charge is -2.41. The van der Waals surface area contributed by atoms with Crippen LogP contribution in [0, 0.1) is 0 Å². The number of hydrogen-bond acceptors (Lipinski definition) is 4. The fourth-order valence-electron chi connectivity index (χ4n) is 2.10. The largest absolute Gasteiger partial charge is 0.478 e. The van der Waals surface area contributed by atoms with Crippen LogP contribution in [0.2, 0.25) is 0 Å². The summed E-state index contributed by atoms with van der Waals surface area (Å²) in [7, 11) is -3.87. The molecule has 1 saturated carbocycles. The average Bonchev–Trinajstić information content (AvgIpc) is 2.73. The number of carbonyl (C=O) groups is 1. The highest BCUT2D eigenvalue weighted by molar-refractivity contribution is 7.89. The van der Waals surface area contributed by atoms with E-state index in [1.165, 1.54) is 0 Å². The van der Waals surface area contributed by atoms with Crippen LogP contribution in [0.15, 0.2) is 11.2 Å². The molecule has 1 aliphatic rings. The van der Waals surface area contributed by atoms with Crippen molar-refractivity contribution in [3.63, 3.8) is 0 Å². The van der Waals surface area contributed by atoms with Crippen LogP contribution in [0.5, 0.6) is 0 Å². The van der Waals surface area contributed by atoms with Gasteiger partial charge in [-0.2, -0.15) is 5.10 Å². The number of hydrogen-bond donors (Lipinski definition) is 3. The Morgan fingerprint density at radius 2 is 2.28 bits per heavy atom. The van der Waals surface area contributed by atoms with Crippen LogP contribution >= 0.6 is 0 Å². The van der Waals surface area contributed by atoms with Crippen LogP contribution < -0.4 is 4.72 Å². The van der Waals surface area contributed by atoms with Gasteiger partial charge in [0.25, 0.3) is 10.0 Å². The number of aromatic nitrogens is 2. The van der Waals surface area contributed by atoms with Gasteiger partial charge in [0.05, 0.1) is 6.20 Å². The number of carboxylic acids is 1. The number of H-pyrrole nitrogens is 1. The zero-order valence-corrected chi connectivity index (χ0v) is 10.7. The topological polar surface area (TPSA) is 112 Å². The van der Waals surface area contributed by atoms with Crippen molar-refractivity contribution >= 4 is 16.0 Å². The maximum atomic E-state index is 12.1. The van der Waals surface area contributed by atoms with Crippen LogP contribution in [-0.4, -0.2) is 35.2 Å². The number of aromatic amines is 1. The summed E-state index contributed by atoms with van der Waals surface area (Å²) in [5.74, 6) is -1.32. The molecule has 1 aromatic heterocycles. The Morgan fingerprint density at radius 3 is 2.72 bits per heavy atom. The van der Waals surface area contributed by atoms with Gasteiger partial charge in [0.2, 0.25) is 0 Å². The summed E-state index contributed by atoms with van der Waals surface area (Å²) in [6.07, 6.45) is 4.21. The average molecular weight is 273 g/mol. The Hall–Kier alpha value is -1.41. The highest BCUT2D eigenvalue weighted by Crippen LogP contribution is 2.36. The zero-order chi connectivity index (χ0) is 13.4. The summed E-state index contributed by atoms with van der Waals surface area (Å²) in [6.45, 7) is 1.91. The van der Waals surface area contributed by atoms with E-state index < -0.39 is 21.5 Å². The number of carboxylic acid groups (broad SMARTS) is 1. The summed E-state index contributed by atoms with van der Waals surface area (Å²) < 4.78 is 26.9. The predicted octanol–water partition coefficient (Wildman–Crippen LogP) is 0.719. The minimum absolute atomic E-state index is 0.340. The second kappa shape index (κ2) is 4.36. The third kappa shape index (κ3) is 2.13. The van der Waals surface area contributed by atoms with Crippen LogP contribution in [0.1, 0.15) is 43.0 Å². The van der Waals surface area contributed by atoms with E-state index in [0.29, 0.717) is 6.42 Å². The summed E-state index contributed by atoms with van der Waals surface area (Å²) in [4.78, 5) is 10.9. The van der Waals surface area contributed by atoms with E-state index in [1.807, 2.05) is 6.92 Å². The minimum atomic E-state index is -3.87. The van der Waals surface area contributed by atoms with Crippen molar-refractivity contribution in [2.24, 2.45) is 0 Å². The first-order chi connectivity index (χ1) is 8.40. The predicted molar refractivity (Wildman–Crippen MR) is 62.7 cm³/mol. The molecule has 0 spiro atoms. The van der Waals surface area contributed by atoms with Gasteiger partial charge in [-0.25, -0.2) is 17.9 Å². The Morgan fingerprint density at radius 1 is 1.61 bits per heavy atom. The molecule has 1 aromatic rings. The number of sulfonamides is 1. The molecule has 0 bridgehead atoms. The molecule has 0 saturated heterocycles. The standard InChI is InChI=1S/C10H15N3O4S/c1-2-10(4-3-5-10)13-18(16,17)8-7(9(14)15)6-11-12-8/h6,13H,2-5H2,1H3,(H,11,12)(H,14,15). The monoisotopic (exact) mass is 273 g/mol. The van der Waals surface area contributed by atoms with E-state index in [4.69, 9.17) is 5.11 Å². The minimum Gasteiger partial charge on any atom is -0.478 e. The van der Waals surface area contributed by atoms with Crippen molar-refractivity contribution in [3.05, 3.63) is 11.8 Å². The van der Waals surface area contributed by atoms with Crippen LogP contribution in [-0.2, 0) is 10.0 Å². The maximum absolute atomic E-state index is 12.1. The quantitative estimate of drug-likeness (QED) is 0.731. The maximum Gasteiger partial charge on any atom is 0.340 e. The van der Waals surface area contributed by atoms with E-state index in [2.05, 4.69) is 14.9 Å². The number of rotatable bonds is 5. The van der Waals surface area contributed by atoms with Gasteiger partial charge in [0, 0.05) is 5.54 Å². The van der Waals surface area contributed by atoms with Crippen molar-refractivity contribution < 1.29 is 18.3 Å². The first kappa shape index (κ1) is 13.0. The number of nitrogens with one attached hydrogen (secondary N) is 2. The molecular formula is C10H15N3O4S. The van der Waals surface area contributed by atoms with Gasteiger partial charge < -0.3 is 5.11 Å². The van der Waals surface area contributed by atoms with E-state index >= 15 is 0 Å². The molecule has 3 N–H and O–H groups in total. The number of aromatic carboxylic acids is 1. The molecular weight excluding hydrogens is 258 g/mol. The van der Waals surface area contributed by atoms with Crippen molar-refractivity contribution in [2.75, 3.05) is 0 Å². The SMILES string of the molecule is CCC1(NS(=O)(=O)c2[nH]ncc2C(=O)O)CCC1. The molecule has 1 aliphatic carbocycles. The van der Waals surface area contributed by atoms with Gasteiger partial charge in [-0.3, -0.25) is 5.10 Å². The molecule has 1 heterocycles. The highest BCUT2D eigenvalue weighted by Gasteiger charge is 2.40. The molecule has 0 aromatic carbocycles. The highest BCUT2D eigenvalue weighted by atomic mass is 32.2. The summed E-state index contributed by atoms with van der Waals surface area (Å²) in [5, 5.41) is 14.2. The van der Waals surface area contributed by atoms with Crippen LogP contribution in [0.3, 0.4) is 0 Å². The molecule has 8 heteroatoms. The fourth-order valence-corrected chi connectivity index (χ4v) is 3.72. The van der Waals surface area contributed by atoms with Gasteiger partial charge in [-0.1, -0.05) is 6.92 Å². The second-order valence-corrected chi connectivity index (χ2v) is 6.13. The Balaban J connectivity index is 2.31. The van der Waals surface area contributed by atoms with Gasteiger partial charge in [-0.05, 0) is 25.7 Å². The summed E-state index contributed by atoms with van der Waals surface area (Å²) >= 11 is 0. The Labute approximate surface area is 105 Å². The first-order valence-corrected chi connectivity index (χ1v) is 7.19. The van der Waals surface area contributed by atoms with E-state index in [1.54, 1.807) is 0 Å². The molecule has 1 fully saturated rings. The normalized spacial score (nSPS) is 18.3. The third-order valence-electron chi connectivity index (χ3n) is 3.44. The fraction of sp³-hybridized carbons (Fsp3) is 0.600. The van der Waals surface area contributed by atoms with Gasteiger partial charge >= 0.3 is 5.97 Å². The van der Waals surface area contributed by atoms with Crippen molar-refractivity contribution in [2.45, 2.75) is 43.2 Å². The van der Waals surface area contributed by atoms with Crippen LogP contribution in [0.4, 0.5) is 0 Å². The van der Waals surface area contributed by atoms with Crippen molar-refractivity contribution in [1.29, 1.82) is 0 Å². The molecule has 7 nitrogen and oxygen atoms in total. The first-order valence-electron chi connectivity index (χ1n) is 5.71. The van der Waals surface area contributed by atoms with E-state index in [9.17, 15) is 13.2 Å². The lowest BCUT2D eigenvalue weighted by Crippen LogP contribution is -2.53. The van der Waals surface area contributed by atoms with Crippen LogP contribution in [0.25, 0.3) is 0 Å². The molecule has 2 rings (SSSR count). The Bertz CT molecular complexity index is 554. The smallest absolute Gasteiger partial charge is 0.340 e. The van der Waals surface area contributed by atoms with E-state index in [0.717, 1.165) is 25.5 Å². The van der Waals surface area contributed by atoms with Gasteiger partial charge in [0.1, 0.15) is 5.56 Å². The molecule has 0 aliphatic heterocycles. The number of nitrogens with zero attached hydrogens (tertiary/aromatic N) is 1.